The summed E-state index contributed by atoms with van der Waals surface area (Å²) >= 11 is 0. The number of hydrogen-bond acceptors (Lipinski definition) is 4. The number of rotatable bonds is 7. The van der Waals surface area contributed by atoms with E-state index >= 15 is 0 Å². The third-order valence-corrected chi connectivity index (χ3v) is 8.22. The standard InChI is InChI=1S/C24H31N3O3S/c1-19(20-9-3-2-4-10-20)18-25-24(28)21-11-12-22(26-13-5-6-14-26)23(17-21)31(29,30)27-15-7-8-16-27/h2-4,9-12,17,19H,5-8,13-16,18H2,1H3,(H,25,28)/t19-/m1/s1. The highest BCUT2D eigenvalue weighted by molar-refractivity contribution is 7.89. The first-order valence-electron chi connectivity index (χ1n) is 11.2. The summed E-state index contributed by atoms with van der Waals surface area (Å²) in [5.74, 6) is -0.0737. The summed E-state index contributed by atoms with van der Waals surface area (Å²) in [5.41, 5.74) is 2.27. The molecule has 2 aliphatic rings. The van der Waals surface area contributed by atoms with Crippen molar-refractivity contribution in [2.45, 2.75) is 43.4 Å². The molecule has 2 heterocycles. The number of amides is 1. The SMILES string of the molecule is C[C@H](CNC(=O)c1ccc(N2CCCC2)c(S(=O)(=O)N2CCCC2)c1)c1ccccc1. The number of carbonyl (C=O) groups excluding carboxylic acids is 1. The Balaban J connectivity index is 1.57. The van der Waals surface area contributed by atoms with Crippen LogP contribution in [0.3, 0.4) is 0 Å². The molecule has 2 aliphatic heterocycles. The van der Waals surface area contributed by atoms with E-state index in [2.05, 4.69) is 17.1 Å². The monoisotopic (exact) mass is 441 g/mol. The number of nitrogens with one attached hydrogen (secondary N) is 1. The van der Waals surface area contributed by atoms with Gasteiger partial charge >= 0.3 is 0 Å². The van der Waals surface area contributed by atoms with Gasteiger partial charge in [-0.3, -0.25) is 4.79 Å². The topological polar surface area (TPSA) is 69.7 Å². The fourth-order valence-corrected chi connectivity index (χ4v) is 6.15. The van der Waals surface area contributed by atoms with Crippen LogP contribution in [0.2, 0.25) is 0 Å². The Labute approximate surface area is 185 Å². The molecule has 0 aliphatic carbocycles. The zero-order valence-electron chi connectivity index (χ0n) is 18.1. The molecule has 4 rings (SSSR count). The molecule has 1 N–H and O–H groups in total. The van der Waals surface area contributed by atoms with Crippen LogP contribution in [0.15, 0.2) is 53.4 Å². The Bertz CT molecular complexity index is 1010. The van der Waals surface area contributed by atoms with Gasteiger partial charge in [0.25, 0.3) is 5.91 Å². The summed E-state index contributed by atoms with van der Waals surface area (Å²) in [4.78, 5) is 15.3. The molecule has 166 valence electrons. The number of nitrogens with zero attached hydrogens (tertiary/aromatic N) is 2. The maximum Gasteiger partial charge on any atom is 0.251 e. The molecule has 0 aromatic heterocycles. The maximum absolute atomic E-state index is 13.4. The minimum atomic E-state index is -3.63. The summed E-state index contributed by atoms with van der Waals surface area (Å²) in [6.07, 6.45) is 3.89. The van der Waals surface area contributed by atoms with Gasteiger partial charge in [0, 0.05) is 38.3 Å². The minimum absolute atomic E-state index is 0.168. The third-order valence-electron chi connectivity index (χ3n) is 6.29. The van der Waals surface area contributed by atoms with E-state index in [9.17, 15) is 13.2 Å². The molecule has 1 amide bonds. The number of sulfonamides is 1. The van der Waals surface area contributed by atoms with E-state index in [0.717, 1.165) is 50.0 Å². The van der Waals surface area contributed by atoms with Crippen LogP contribution in [-0.2, 0) is 10.0 Å². The third kappa shape index (κ3) is 4.77. The van der Waals surface area contributed by atoms with Gasteiger partial charge in [-0.15, -0.1) is 0 Å². The minimum Gasteiger partial charge on any atom is -0.370 e. The van der Waals surface area contributed by atoms with Crippen LogP contribution >= 0.6 is 0 Å². The zero-order valence-corrected chi connectivity index (χ0v) is 18.9. The lowest BCUT2D eigenvalue weighted by atomic mass is 10.0. The van der Waals surface area contributed by atoms with Gasteiger partial charge in [-0.05, 0) is 55.4 Å². The van der Waals surface area contributed by atoms with E-state index in [1.54, 1.807) is 16.4 Å². The largest absolute Gasteiger partial charge is 0.370 e. The summed E-state index contributed by atoms with van der Waals surface area (Å²) in [5, 5.41) is 2.97. The van der Waals surface area contributed by atoms with Crippen LogP contribution in [0.4, 0.5) is 5.69 Å². The van der Waals surface area contributed by atoms with E-state index in [1.165, 1.54) is 0 Å². The fourth-order valence-electron chi connectivity index (χ4n) is 4.40. The summed E-state index contributed by atoms with van der Waals surface area (Å²) in [6, 6.07) is 15.2. The Kier molecular flexibility index (Phi) is 6.62. The molecular formula is C24H31N3O3S. The van der Waals surface area contributed by atoms with Crippen LogP contribution in [0.1, 0.15) is 54.4 Å². The first-order valence-corrected chi connectivity index (χ1v) is 12.6. The highest BCUT2D eigenvalue weighted by Gasteiger charge is 2.32. The highest BCUT2D eigenvalue weighted by atomic mass is 32.2. The van der Waals surface area contributed by atoms with Crippen molar-refractivity contribution in [2.24, 2.45) is 0 Å². The van der Waals surface area contributed by atoms with E-state index in [0.29, 0.717) is 25.2 Å². The van der Waals surface area contributed by atoms with E-state index in [4.69, 9.17) is 0 Å². The highest BCUT2D eigenvalue weighted by Crippen LogP contribution is 2.32. The Morgan fingerprint density at radius 1 is 0.968 bits per heavy atom. The van der Waals surface area contributed by atoms with Crippen molar-refractivity contribution in [1.29, 1.82) is 0 Å². The molecule has 0 saturated carbocycles. The molecule has 7 heteroatoms. The van der Waals surface area contributed by atoms with Gasteiger partial charge in [0.15, 0.2) is 0 Å². The van der Waals surface area contributed by atoms with Gasteiger partial charge < -0.3 is 10.2 Å². The van der Waals surface area contributed by atoms with E-state index in [1.807, 2.05) is 36.4 Å². The first-order chi connectivity index (χ1) is 15.0. The molecule has 2 saturated heterocycles. The lowest BCUT2D eigenvalue weighted by molar-refractivity contribution is 0.0951. The van der Waals surface area contributed by atoms with Crippen LogP contribution in [0, 0.1) is 0 Å². The van der Waals surface area contributed by atoms with Crippen molar-refractivity contribution in [2.75, 3.05) is 37.6 Å². The lowest BCUT2D eigenvalue weighted by Crippen LogP contribution is -2.31. The molecule has 0 unspecified atom stereocenters. The Morgan fingerprint density at radius 3 is 2.29 bits per heavy atom. The predicted octanol–water partition coefficient (Wildman–Crippen LogP) is 3.60. The number of anilines is 1. The van der Waals surface area contributed by atoms with Gasteiger partial charge in [-0.2, -0.15) is 4.31 Å². The molecule has 6 nitrogen and oxygen atoms in total. The van der Waals surface area contributed by atoms with Crippen LogP contribution < -0.4 is 10.2 Å². The summed E-state index contributed by atoms with van der Waals surface area (Å²) in [6.45, 7) is 5.35. The molecule has 0 bridgehead atoms. The van der Waals surface area contributed by atoms with Crippen molar-refractivity contribution in [3.63, 3.8) is 0 Å². The second-order valence-electron chi connectivity index (χ2n) is 8.51. The summed E-state index contributed by atoms with van der Waals surface area (Å²) in [7, 11) is -3.63. The van der Waals surface area contributed by atoms with Crippen LogP contribution in [0.25, 0.3) is 0 Å². The van der Waals surface area contributed by atoms with Crippen molar-refractivity contribution in [3.05, 3.63) is 59.7 Å². The van der Waals surface area contributed by atoms with Gasteiger partial charge in [0.2, 0.25) is 10.0 Å². The fraction of sp³-hybridized carbons (Fsp3) is 0.458. The molecule has 1 atom stereocenters. The molecular weight excluding hydrogens is 410 g/mol. The van der Waals surface area contributed by atoms with E-state index < -0.39 is 10.0 Å². The van der Waals surface area contributed by atoms with Gasteiger partial charge in [-0.1, -0.05) is 37.3 Å². The van der Waals surface area contributed by atoms with Crippen molar-refractivity contribution >= 4 is 21.6 Å². The summed E-state index contributed by atoms with van der Waals surface area (Å²) < 4.78 is 28.4. The number of carbonyl (C=O) groups is 1. The smallest absolute Gasteiger partial charge is 0.251 e. The molecule has 2 aromatic carbocycles. The van der Waals surface area contributed by atoms with Crippen molar-refractivity contribution < 1.29 is 13.2 Å². The lowest BCUT2D eigenvalue weighted by Gasteiger charge is -2.24. The van der Waals surface area contributed by atoms with Gasteiger partial charge in [0.05, 0.1) is 5.69 Å². The molecule has 2 fully saturated rings. The van der Waals surface area contributed by atoms with Crippen LogP contribution in [-0.4, -0.2) is 51.4 Å². The molecule has 2 aromatic rings. The predicted molar refractivity (Wildman–Crippen MR) is 123 cm³/mol. The average molecular weight is 442 g/mol. The van der Waals surface area contributed by atoms with E-state index in [-0.39, 0.29) is 16.7 Å². The van der Waals surface area contributed by atoms with Crippen LogP contribution in [0.5, 0.6) is 0 Å². The molecule has 0 spiro atoms. The normalized spacial score (nSPS) is 18.3. The van der Waals surface area contributed by atoms with Crippen molar-refractivity contribution in [3.8, 4) is 0 Å². The van der Waals surface area contributed by atoms with Gasteiger partial charge in [-0.25, -0.2) is 8.42 Å². The first kappa shape index (κ1) is 21.8. The number of hydrogen-bond donors (Lipinski definition) is 1. The van der Waals surface area contributed by atoms with Gasteiger partial charge in [0.1, 0.15) is 4.90 Å². The second-order valence-corrected chi connectivity index (χ2v) is 10.4. The molecule has 0 radical (unpaired) electrons. The molecule has 31 heavy (non-hydrogen) atoms. The Morgan fingerprint density at radius 2 is 1.61 bits per heavy atom. The van der Waals surface area contributed by atoms with Crippen molar-refractivity contribution in [1.82, 2.24) is 9.62 Å². The zero-order chi connectivity index (χ0) is 21.8. The average Bonchev–Trinajstić information content (AvgIpc) is 3.52. The number of benzene rings is 2. The second kappa shape index (κ2) is 9.40. The quantitative estimate of drug-likeness (QED) is 0.713. The Hall–Kier alpha value is -2.38. The maximum atomic E-state index is 13.4.